The van der Waals surface area contributed by atoms with Crippen molar-refractivity contribution in [3.63, 3.8) is 0 Å². The zero-order valence-corrected chi connectivity index (χ0v) is 13.2. The molecule has 7 heteroatoms. The van der Waals surface area contributed by atoms with E-state index in [-0.39, 0.29) is 22.8 Å². The van der Waals surface area contributed by atoms with E-state index in [1.54, 1.807) is 6.20 Å². The number of pyridine rings is 2. The van der Waals surface area contributed by atoms with Crippen LogP contribution in [-0.2, 0) is 0 Å². The second-order valence-electron chi connectivity index (χ2n) is 5.04. The lowest BCUT2D eigenvalue weighted by Gasteiger charge is -2.07. The number of aryl methyl sites for hydroxylation is 1. The Balaban J connectivity index is 1.73. The summed E-state index contributed by atoms with van der Waals surface area (Å²) in [5, 5.41) is 5.92. The van der Waals surface area contributed by atoms with E-state index in [9.17, 15) is 9.59 Å². The molecule has 0 aromatic carbocycles. The smallest absolute Gasteiger partial charge is 0.267 e. The molecule has 0 spiro atoms. The summed E-state index contributed by atoms with van der Waals surface area (Å²) in [5.74, 6) is 0.663. The molecule has 0 saturated carbocycles. The van der Waals surface area contributed by atoms with Crippen molar-refractivity contribution in [1.29, 1.82) is 0 Å². The Labute approximate surface area is 134 Å². The Hall–Kier alpha value is -2.83. The highest BCUT2D eigenvalue weighted by molar-refractivity contribution is 5.92. The lowest BCUT2D eigenvalue weighted by atomic mass is 10.3. The maximum Gasteiger partial charge on any atom is 0.267 e. The number of carbonyl (C=O) groups excluding carboxylic acids is 1. The summed E-state index contributed by atoms with van der Waals surface area (Å²) in [6.45, 7) is 3.16. The first-order chi connectivity index (χ1) is 11.1. The predicted molar refractivity (Wildman–Crippen MR) is 88.0 cm³/mol. The van der Waals surface area contributed by atoms with Gasteiger partial charge < -0.3 is 20.4 Å². The minimum atomic E-state index is -0.330. The third-order valence-corrected chi connectivity index (χ3v) is 3.20. The topological polar surface area (TPSA) is 96.1 Å². The molecule has 3 N–H and O–H groups in total. The fraction of sp³-hybridized carbons (Fsp3) is 0.312. The van der Waals surface area contributed by atoms with Gasteiger partial charge in [0.15, 0.2) is 5.75 Å². The summed E-state index contributed by atoms with van der Waals surface area (Å²) < 4.78 is 4.85. The molecular weight excluding hydrogens is 296 g/mol. The van der Waals surface area contributed by atoms with E-state index in [1.807, 2.05) is 19.1 Å². The molecule has 0 radical (unpaired) electrons. The molecular formula is C16H20N4O3. The molecule has 0 aliphatic heterocycles. The van der Waals surface area contributed by atoms with Gasteiger partial charge in [-0.1, -0.05) is 6.07 Å². The fourth-order valence-electron chi connectivity index (χ4n) is 1.92. The number of amides is 1. The van der Waals surface area contributed by atoms with Crippen molar-refractivity contribution in [3.05, 3.63) is 52.1 Å². The molecule has 2 rings (SSSR count). The van der Waals surface area contributed by atoms with Crippen LogP contribution in [0.5, 0.6) is 5.75 Å². The van der Waals surface area contributed by atoms with Gasteiger partial charge in [0.05, 0.1) is 7.11 Å². The Kier molecular flexibility index (Phi) is 5.74. The largest absolute Gasteiger partial charge is 0.491 e. The summed E-state index contributed by atoms with van der Waals surface area (Å²) in [6.07, 6.45) is 3.91. The van der Waals surface area contributed by atoms with Gasteiger partial charge in [-0.3, -0.25) is 9.59 Å². The van der Waals surface area contributed by atoms with Gasteiger partial charge in [-0.05, 0) is 25.0 Å². The third kappa shape index (κ3) is 4.84. The van der Waals surface area contributed by atoms with Crippen molar-refractivity contribution in [2.75, 3.05) is 25.5 Å². The number of rotatable bonds is 7. The van der Waals surface area contributed by atoms with Crippen molar-refractivity contribution < 1.29 is 9.53 Å². The number of hydrogen-bond acceptors (Lipinski definition) is 5. The molecule has 0 aliphatic carbocycles. The number of nitrogens with zero attached hydrogens (tertiary/aromatic N) is 1. The first-order valence-corrected chi connectivity index (χ1v) is 7.31. The summed E-state index contributed by atoms with van der Waals surface area (Å²) in [4.78, 5) is 30.5. The monoisotopic (exact) mass is 316 g/mol. The third-order valence-electron chi connectivity index (χ3n) is 3.20. The van der Waals surface area contributed by atoms with Crippen LogP contribution in [-0.4, -0.2) is 36.1 Å². The second-order valence-corrected chi connectivity index (χ2v) is 5.04. The summed E-state index contributed by atoms with van der Waals surface area (Å²) in [6, 6.07) is 5.12. The van der Waals surface area contributed by atoms with Gasteiger partial charge in [0.1, 0.15) is 11.5 Å². The van der Waals surface area contributed by atoms with Crippen molar-refractivity contribution in [3.8, 4) is 5.75 Å². The molecule has 2 aromatic heterocycles. The van der Waals surface area contributed by atoms with E-state index in [0.29, 0.717) is 13.1 Å². The van der Waals surface area contributed by atoms with E-state index in [1.165, 1.54) is 19.4 Å². The number of aromatic nitrogens is 2. The average Bonchev–Trinajstić information content (AvgIpc) is 2.56. The van der Waals surface area contributed by atoms with Gasteiger partial charge >= 0.3 is 0 Å². The summed E-state index contributed by atoms with van der Waals surface area (Å²) in [7, 11) is 1.40. The van der Waals surface area contributed by atoms with Crippen LogP contribution in [0, 0.1) is 6.92 Å². The van der Waals surface area contributed by atoms with Crippen molar-refractivity contribution in [2.45, 2.75) is 13.3 Å². The highest BCUT2D eigenvalue weighted by Crippen LogP contribution is 2.03. The van der Waals surface area contributed by atoms with E-state index in [0.717, 1.165) is 17.8 Å². The van der Waals surface area contributed by atoms with Crippen LogP contribution in [0.25, 0.3) is 0 Å². The van der Waals surface area contributed by atoms with Gasteiger partial charge in [0.25, 0.3) is 5.91 Å². The minimum absolute atomic E-state index is 0.177. The number of anilines is 1. The van der Waals surface area contributed by atoms with Crippen LogP contribution in [0.2, 0.25) is 0 Å². The predicted octanol–water partition coefficient (Wildman–Crippen LogP) is 1.32. The maximum absolute atomic E-state index is 11.9. The first kappa shape index (κ1) is 16.5. The van der Waals surface area contributed by atoms with Crippen LogP contribution in [0.15, 0.2) is 35.4 Å². The number of methoxy groups -OCH3 is 1. The number of H-pyrrole nitrogens is 1. The molecule has 0 aliphatic rings. The van der Waals surface area contributed by atoms with Gasteiger partial charge in [-0.15, -0.1) is 0 Å². The maximum atomic E-state index is 11.9. The van der Waals surface area contributed by atoms with Crippen LogP contribution < -0.4 is 20.8 Å². The number of hydrogen-bond donors (Lipinski definition) is 3. The molecule has 2 heterocycles. The molecule has 1 amide bonds. The first-order valence-electron chi connectivity index (χ1n) is 7.31. The second kappa shape index (κ2) is 7.98. The Morgan fingerprint density at radius 2 is 2.17 bits per heavy atom. The number of ether oxygens (including phenoxy) is 1. The highest BCUT2D eigenvalue weighted by atomic mass is 16.5. The lowest BCUT2D eigenvalue weighted by molar-refractivity contribution is 0.0948. The van der Waals surface area contributed by atoms with Crippen molar-refractivity contribution >= 4 is 11.7 Å². The Bertz CT molecular complexity index is 710. The summed E-state index contributed by atoms with van der Waals surface area (Å²) >= 11 is 0. The van der Waals surface area contributed by atoms with E-state index >= 15 is 0 Å². The van der Waals surface area contributed by atoms with Crippen LogP contribution in [0.4, 0.5) is 5.82 Å². The Morgan fingerprint density at radius 1 is 1.35 bits per heavy atom. The molecule has 0 unspecified atom stereocenters. The molecule has 7 nitrogen and oxygen atoms in total. The number of carbonyl (C=O) groups is 1. The molecule has 122 valence electrons. The van der Waals surface area contributed by atoms with Gasteiger partial charge in [0, 0.05) is 31.5 Å². The molecule has 0 saturated heterocycles. The molecule has 23 heavy (non-hydrogen) atoms. The molecule has 0 fully saturated rings. The molecule has 0 bridgehead atoms. The quantitative estimate of drug-likeness (QED) is 0.670. The highest BCUT2D eigenvalue weighted by Gasteiger charge is 2.08. The van der Waals surface area contributed by atoms with Gasteiger partial charge in [0.2, 0.25) is 5.43 Å². The molecule has 2 aromatic rings. The van der Waals surface area contributed by atoms with E-state index in [2.05, 4.69) is 20.6 Å². The van der Waals surface area contributed by atoms with Gasteiger partial charge in [-0.2, -0.15) is 0 Å². The Morgan fingerprint density at radius 3 is 2.83 bits per heavy atom. The zero-order chi connectivity index (χ0) is 16.7. The number of aromatic amines is 1. The van der Waals surface area contributed by atoms with Crippen LogP contribution in [0.1, 0.15) is 22.5 Å². The average molecular weight is 316 g/mol. The van der Waals surface area contributed by atoms with E-state index in [4.69, 9.17) is 4.74 Å². The SMILES string of the molecule is COc1c[nH]c(C(=O)NCCCNc2ccc(C)cn2)cc1=O. The summed E-state index contributed by atoms with van der Waals surface area (Å²) in [5.41, 5.74) is 0.990. The van der Waals surface area contributed by atoms with Crippen LogP contribution in [0.3, 0.4) is 0 Å². The van der Waals surface area contributed by atoms with Crippen LogP contribution >= 0.6 is 0 Å². The number of nitrogens with one attached hydrogen (secondary N) is 3. The van der Waals surface area contributed by atoms with Crippen molar-refractivity contribution in [1.82, 2.24) is 15.3 Å². The van der Waals surface area contributed by atoms with Crippen molar-refractivity contribution in [2.24, 2.45) is 0 Å². The lowest BCUT2D eigenvalue weighted by Crippen LogP contribution is -2.27. The standard InChI is InChI=1S/C16H20N4O3/c1-11-4-5-15(20-9-11)17-6-3-7-18-16(22)12-8-13(21)14(23-2)10-19-12/h4-5,8-10H,3,6-7H2,1-2H3,(H,17,20)(H,18,22)(H,19,21). The van der Waals surface area contributed by atoms with E-state index < -0.39 is 0 Å². The zero-order valence-electron chi connectivity index (χ0n) is 13.2. The normalized spacial score (nSPS) is 10.2. The minimum Gasteiger partial charge on any atom is -0.491 e. The van der Waals surface area contributed by atoms with Gasteiger partial charge in [-0.25, -0.2) is 4.98 Å². The fourth-order valence-corrected chi connectivity index (χ4v) is 1.92. The molecule has 0 atom stereocenters.